The summed E-state index contributed by atoms with van der Waals surface area (Å²) in [6, 6.07) is 14.7. The van der Waals surface area contributed by atoms with Crippen molar-refractivity contribution in [2.75, 3.05) is 13.6 Å². The lowest BCUT2D eigenvalue weighted by molar-refractivity contribution is -0.134. The van der Waals surface area contributed by atoms with E-state index in [9.17, 15) is 9.59 Å². The van der Waals surface area contributed by atoms with Crippen LogP contribution in [0.1, 0.15) is 37.7 Å². The number of H-pyrrole nitrogens is 1. The van der Waals surface area contributed by atoms with E-state index >= 15 is 0 Å². The van der Waals surface area contributed by atoms with E-state index in [1.165, 1.54) is 18.4 Å². The zero-order chi connectivity index (χ0) is 24.2. The number of benzene rings is 2. The number of carboxylic acids is 2. The molecule has 1 atom stereocenters. The van der Waals surface area contributed by atoms with Crippen molar-refractivity contribution in [1.29, 1.82) is 0 Å². The smallest absolute Gasteiger partial charge is 0.328 e. The third-order valence-electron chi connectivity index (χ3n) is 4.81. The van der Waals surface area contributed by atoms with Crippen molar-refractivity contribution in [3.63, 3.8) is 0 Å². The zero-order valence-corrected chi connectivity index (χ0v) is 20.2. The summed E-state index contributed by atoms with van der Waals surface area (Å²) in [5, 5.41) is 25.6. The van der Waals surface area contributed by atoms with Crippen molar-refractivity contribution in [3.8, 4) is 5.75 Å². The minimum absolute atomic E-state index is 0.555. The fourth-order valence-electron chi connectivity index (χ4n) is 3.24. The summed E-state index contributed by atoms with van der Waals surface area (Å²) >= 11 is 3.51. The Balaban J connectivity index is 0.000000414. The first-order chi connectivity index (χ1) is 15.8. The second-order valence-electron chi connectivity index (χ2n) is 7.40. The number of aromatic nitrogens is 2. The molecule has 0 saturated carbocycles. The van der Waals surface area contributed by atoms with Crippen LogP contribution in [-0.2, 0) is 9.59 Å². The minimum atomic E-state index is -1.26. The number of rotatable bonds is 10. The number of fused-ring (bicyclic) bond motifs is 1. The lowest BCUT2D eigenvalue weighted by Gasteiger charge is -2.22. The van der Waals surface area contributed by atoms with Crippen LogP contribution in [0.3, 0.4) is 0 Å². The highest BCUT2D eigenvalue weighted by molar-refractivity contribution is 9.10. The van der Waals surface area contributed by atoms with Gasteiger partial charge in [0, 0.05) is 41.7 Å². The molecule has 1 aromatic heterocycles. The van der Waals surface area contributed by atoms with Crippen LogP contribution in [0.2, 0.25) is 0 Å². The molecule has 0 fully saturated rings. The predicted molar refractivity (Wildman–Crippen MR) is 130 cm³/mol. The molecule has 3 rings (SSSR count). The molecule has 9 heteroatoms. The van der Waals surface area contributed by atoms with Gasteiger partial charge < -0.3 is 15.1 Å². The Morgan fingerprint density at radius 3 is 2.39 bits per heavy atom. The Bertz CT molecular complexity index is 1050. The summed E-state index contributed by atoms with van der Waals surface area (Å²) < 4.78 is 1.13. The number of aromatic amines is 1. The van der Waals surface area contributed by atoms with Crippen LogP contribution in [0.15, 0.2) is 65.3 Å². The van der Waals surface area contributed by atoms with Gasteiger partial charge in [0.15, 0.2) is 0 Å². The summed E-state index contributed by atoms with van der Waals surface area (Å²) in [6.07, 6.45) is 6.37. The average molecular weight is 518 g/mol. The Labute approximate surface area is 201 Å². The van der Waals surface area contributed by atoms with E-state index in [0.29, 0.717) is 18.1 Å². The van der Waals surface area contributed by atoms with Gasteiger partial charge in [-0.2, -0.15) is 5.10 Å². The Hall–Kier alpha value is -3.17. The van der Waals surface area contributed by atoms with E-state index < -0.39 is 11.9 Å². The zero-order valence-electron chi connectivity index (χ0n) is 18.6. The van der Waals surface area contributed by atoms with E-state index in [2.05, 4.69) is 57.3 Å². The van der Waals surface area contributed by atoms with Crippen LogP contribution < -0.4 is 4.84 Å². The molecular weight excluding hydrogens is 490 g/mol. The normalized spacial score (nSPS) is 11.9. The molecular formula is C24H28BrN3O5. The summed E-state index contributed by atoms with van der Waals surface area (Å²) in [4.78, 5) is 25.1. The molecule has 33 heavy (non-hydrogen) atoms. The van der Waals surface area contributed by atoms with E-state index in [-0.39, 0.29) is 0 Å². The minimum Gasteiger partial charge on any atom is -0.478 e. The monoisotopic (exact) mass is 517 g/mol. The molecule has 0 aliphatic carbocycles. The van der Waals surface area contributed by atoms with Gasteiger partial charge in [0.05, 0.1) is 11.7 Å². The van der Waals surface area contributed by atoms with Crippen LogP contribution in [0.5, 0.6) is 5.75 Å². The fraction of sp³-hybridized carbons (Fsp3) is 0.292. The lowest BCUT2D eigenvalue weighted by atomic mass is 9.91. The topological polar surface area (TPSA) is 116 Å². The number of halogens is 1. The first-order valence-corrected chi connectivity index (χ1v) is 11.3. The lowest BCUT2D eigenvalue weighted by Crippen LogP contribution is -2.25. The molecule has 0 aliphatic rings. The maximum atomic E-state index is 9.55. The molecule has 176 valence electrons. The number of hydroxylamine groups is 2. The van der Waals surface area contributed by atoms with Crippen LogP contribution in [0.4, 0.5) is 0 Å². The van der Waals surface area contributed by atoms with Crippen LogP contribution in [0, 0.1) is 0 Å². The molecule has 1 unspecified atom stereocenters. The van der Waals surface area contributed by atoms with Gasteiger partial charge in [0.1, 0.15) is 5.75 Å². The van der Waals surface area contributed by atoms with Crippen molar-refractivity contribution >= 4 is 38.8 Å². The highest BCUT2D eigenvalue weighted by atomic mass is 79.9. The van der Waals surface area contributed by atoms with Crippen LogP contribution >= 0.6 is 15.9 Å². The van der Waals surface area contributed by atoms with Gasteiger partial charge in [0.25, 0.3) is 0 Å². The number of hydrogen-bond acceptors (Lipinski definition) is 5. The van der Waals surface area contributed by atoms with Gasteiger partial charge in [-0.25, -0.2) is 9.59 Å². The van der Waals surface area contributed by atoms with Crippen LogP contribution in [0.25, 0.3) is 10.9 Å². The maximum absolute atomic E-state index is 9.55. The fourth-order valence-corrected chi connectivity index (χ4v) is 3.50. The Kier molecular flexibility index (Phi) is 10.6. The largest absolute Gasteiger partial charge is 0.478 e. The van der Waals surface area contributed by atoms with E-state index in [1.807, 2.05) is 36.5 Å². The molecule has 2 aromatic carbocycles. The van der Waals surface area contributed by atoms with Gasteiger partial charge >= 0.3 is 11.9 Å². The molecule has 0 amide bonds. The highest BCUT2D eigenvalue weighted by Crippen LogP contribution is 2.27. The molecule has 0 spiro atoms. The Morgan fingerprint density at radius 2 is 1.79 bits per heavy atom. The molecule has 3 N–H and O–H groups in total. The SMILES string of the molecule is CCCC(CCN(C)Oc1ccc2cn[nH]c2c1)c1ccc(Br)cc1.O=C(O)C=CC(=O)O. The number of nitrogens with one attached hydrogen (secondary N) is 1. The molecule has 0 saturated heterocycles. The molecule has 0 bridgehead atoms. The van der Waals surface area contributed by atoms with Crippen molar-refractivity contribution < 1.29 is 24.6 Å². The van der Waals surface area contributed by atoms with Gasteiger partial charge in [0.2, 0.25) is 0 Å². The number of aliphatic carboxylic acids is 2. The first-order valence-electron chi connectivity index (χ1n) is 10.5. The third-order valence-corrected chi connectivity index (χ3v) is 5.34. The molecule has 0 radical (unpaired) electrons. The van der Waals surface area contributed by atoms with Gasteiger partial charge in [-0.3, -0.25) is 5.10 Å². The second kappa shape index (κ2) is 13.4. The molecule has 3 aromatic rings. The number of hydrogen-bond donors (Lipinski definition) is 3. The first kappa shape index (κ1) is 26.1. The number of nitrogens with zero attached hydrogens (tertiary/aromatic N) is 2. The molecule has 0 aliphatic heterocycles. The standard InChI is InChI=1S/C20H24BrN3O.C4H4O4/c1-3-4-15(16-5-8-18(21)9-6-16)11-12-24(2)25-19-10-7-17-14-22-23-20(17)13-19;5-3(6)1-2-4(7)8/h5-10,13-15H,3-4,11-12H2,1-2H3,(H,22,23);1-2H,(H,5,6)(H,7,8). The summed E-state index contributed by atoms with van der Waals surface area (Å²) in [5.74, 6) is -1.13. The van der Waals surface area contributed by atoms with Crippen molar-refractivity contribution in [2.45, 2.75) is 32.1 Å². The summed E-state index contributed by atoms with van der Waals surface area (Å²) in [7, 11) is 1.99. The Morgan fingerprint density at radius 1 is 1.12 bits per heavy atom. The van der Waals surface area contributed by atoms with Crippen molar-refractivity contribution in [2.24, 2.45) is 0 Å². The van der Waals surface area contributed by atoms with Gasteiger partial charge in [-0.15, -0.1) is 5.06 Å². The predicted octanol–water partition coefficient (Wildman–Crippen LogP) is 5.24. The average Bonchev–Trinajstić information content (AvgIpc) is 3.24. The van der Waals surface area contributed by atoms with Crippen molar-refractivity contribution in [1.82, 2.24) is 15.3 Å². The molecule has 8 nitrogen and oxygen atoms in total. The van der Waals surface area contributed by atoms with Gasteiger partial charge in [-0.1, -0.05) is 41.4 Å². The second-order valence-corrected chi connectivity index (χ2v) is 8.31. The van der Waals surface area contributed by atoms with Gasteiger partial charge in [-0.05, 0) is 48.6 Å². The maximum Gasteiger partial charge on any atom is 0.328 e. The van der Waals surface area contributed by atoms with E-state index in [0.717, 1.165) is 34.1 Å². The number of carboxylic acid groups (broad SMARTS) is 2. The highest BCUT2D eigenvalue weighted by Gasteiger charge is 2.13. The van der Waals surface area contributed by atoms with Crippen LogP contribution in [-0.4, -0.2) is 51.0 Å². The van der Waals surface area contributed by atoms with Crippen molar-refractivity contribution in [3.05, 3.63) is 70.8 Å². The number of carbonyl (C=O) groups is 2. The van der Waals surface area contributed by atoms with E-state index in [1.54, 1.807) is 0 Å². The summed E-state index contributed by atoms with van der Waals surface area (Å²) in [6.45, 7) is 3.12. The molecule has 1 heterocycles. The quantitative estimate of drug-likeness (QED) is 0.248. The third kappa shape index (κ3) is 9.46. The summed E-state index contributed by atoms with van der Waals surface area (Å²) in [5.41, 5.74) is 2.39. The van der Waals surface area contributed by atoms with E-state index in [4.69, 9.17) is 15.1 Å².